The van der Waals surface area contributed by atoms with Gasteiger partial charge in [0.25, 0.3) is 15.9 Å². The van der Waals surface area contributed by atoms with Crippen molar-refractivity contribution in [2.24, 2.45) is 0 Å². The molecule has 0 saturated carbocycles. The summed E-state index contributed by atoms with van der Waals surface area (Å²) in [5.74, 6) is -0.378. The lowest BCUT2D eigenvalue weighted by atomic mass is 10.0. The number of hydrogen-bond acceptors (Lipinski definition) is 4. The Kier molecular flexibility index (Phi) is 6.90. The summed E-state index contributed by atoms with van der Waals surface area (Å²) in [6, 6.07) is 10.4. The van der Waals surface area contributed by atoms with E-state index in [1.165, 1.54) is 37.3 Å². The van der Waals surface area contributed by atoms with Crippen molar-refractivity contribution in [3.8, 4) is 0 Å². The molecular weight excluding hydrogens is 449 g/mol. The summed E-state index contributed by atoms with van der Waals surface area (Å²) in [5, 5.41) is 3.34. The van der Waals surface area contributed by atoms with Gasteiger partial charge in [0.05, 0.1) is 5.02 Å². The van der Waals surface area contributed by atoms with E-state index in [4.69, 9.17) is 23.2 Å². The highest BCUT2D eigenvalue weighted by Crippen LogP contribution is 2.26. The first-order valence-corrected chi connectivity index (χ1v) is 11.5. The fourth-order valence-electron chi connectivity index (χ4n) is 3.27. The molecule has 160 valence electrons. The molecule has 2 aromatic carbocycles. The Hall–Kier alpha value is -2.29. The minimum atomic E-state index is -4.01. The van der Waals surface area contributed by atoms with Crippen LogP contribution >= 0.6 is 23.2 Å². The van der Waals surface area contributed by atoms with Gasteiger partial charge < -0.3 is 10.2 Å². The van der Waals surface area contributed by atoms with Gasteiger partial charge in [-0.15, -0.1) is 0 Å². The molecule has 1 heterocycles. The number of likely N-dealkylation sites (tertiary alicyclic amines) is 1. The van der Waals surface area contributed by atoms with E-state index >= 15 is 0 Å². The number of carbonyl (C=O) groups excluding carboxylic acids is 2. The Balaban J connectivity index is 1.77. The van der Waals surface area contributed by atoms with E-state index in [1.807, 2.05) is 0 Å². The quantitative estimate of drug-likeness (QED) is 0.699. The van der Waals surface area contributed by atoms with Gasteiger partial charge in [0.15, 0.2) is 0 Å². The average molecular weight is 470 g/mol. The summed E-state index contributed by atoms with van der Waals surface area (Å²) in [4.78, 5) is 25.5. The van der Waals surface area contributed by atoms with Crippen LogP contribution < -0.4 is 10.0 Å². The molecule has 1 fully saturated rings. The number of piperidine rings is 1. The number of amides is 2. The summed E-state index contributed by atoms with van der Waals surface area (Å²) in [7, 11) is -4.01. The second kappa shape index (κ2) is 9.24. The van der Waals surface area contributed by atoms with Gasteiger partial charge in [0.2, 0.25) is 5.91 Å². The molecule has 1 saturated heterocycles. The van der Waals surface area contributed by atoms with Crippen molar-refractivity contribution in [2.75, 3.05) is 17.8 Å². The van der Waals surface area contributed by atoms with Gasteiger partial charge in [-0.3, -0.25) is 14.3 Å². The third-order valence-corrected chi connectivity index (χ3v) is 6.87. The molecule has 1 aliphatic rings. The maximum atomic E-state index is 12.9. The first-order chi connectivity index (χ1) is 14.2. The van der Waals surface area contributed by atoms with Crippen LogP contribution in [0.2, 0.25) is 10.0 Å². The highest BCUT2D eigenvalue weighted by atomic mass is 35.5. The van der Waals surface area contributed by atoms with Gasteiger partial charge in [-0.1, -0.05) is 23.2 Å². The van der Waals surface area contributed by atoms with E-state index < -0.39 is 10.0 Å². The normalized spacial score (nSPS) is 15.0. The Morgan fingerprint density at radius 2 is 1.67 bits per heavy atom. The highest BCUT2D eigenvalue weighted by molar-refractivity contribution is 7.92. The number of halogens is 2. The van der Waals surface area contributed by atoms with Gasteiger partial charge in [0.1, 0.15) is 4.90 Å². The maximum Gasteiger partial charge on any atom is 0.263 e. The summed E-state index contributed by atoms with van der Waals surface area (Å²) in [6.07, 6.45) is 1.28. The molecule has 0 atom stereocenters. The van der Waals surface area contributed by atoms with Crippen LogP contribution in [0.1, 0.15) is 30.1 Å². The molecule has 0 spiro atoms. The molecule has 0 aliphatic carbocycles. The van der Waals surface area contributed by atoms with Crippen molar-refractivity contribution < 1.29 is 18.0 Å². The first kappa shape index (κ1) is 22.4. The molecule has 2 N–H and O–H groups in total. The summed E-state index contributed by atoms with van der Waals surface area (Å²) in [6.45, 7) is 2.40. The largest absolute Gasteiger partial charge is 0.353 e. The summed E-state index contributed by atoms with van der Waals surface area (Å²) in [5.41, 5.74) is 0.557. The van der Waals surface area contributed by atoms with Crippen molar-refractivity contribution >= 4 is 50.7 Å². The van der Waals surface area contributed by atoms with E-state index in [0.29, 0.717) is 36.6 Å². The molecule has 0 unspecified atom stereocenters. The molecule has 10 heteroatoms. The number of nitrogens with zero attached hydrogens (tertiary/aromatic N) is 1. The zero-order valence-corrected chi connectivity index (χ0v) is 18.5. The van der Waals surface area contributed by atoms with E-state index in [1.54, 1.807) is 17.0 Å². The monoisotopic (exact) mass is 469 g/mol. The van der Waals surface area contributed by atoms with E-state index in [9.17, 15) is 18.0 Å². The third kappa shape index (κ3) is 5.44. The third-order valence-electron chi connectivity index (χ3n) is 4.75. The number of benzene rings is 2. The van der Waals surface area contributed by atoms with E-state index in [2.05, 4.69) is 10.0 Å². The van der Waals surface area contributed by atoms with Gasteiger partial charge in [-0.25, -0.2) is 8.42 Å². The molecule has 1 aliphatic heterocycles. The van der Waals surface area contributed by atoms with Gasteiger partial charge >= 0.3 is 0 Å². The van der Waals surface area contributed by atoms with Crippen molar-refractivity contribution in [2.45, 2.75) is 30.7 Å². The lowest BCUT2D eigenvalue weighted by Crippen LogP contribution is -2.46. The van der Waals surface area contributed by atoms with Crippen LogP contribution in [-0.2, 0) is 14.8 Å². The van der Waals surface area contributed by atoms with Crippen molar-refractivity contribution in [1.82, 2.24) is 10.2 Å². The predicted molar refractivity (Wildman–Crippen MR) is 116 cm³/mol. The fourth-order valence-corrected chi connectivity index (χ4v) is 4.98. The van der Waals surface area contributed by atoms with Crippen LogP contribution in [0.4, 0.5) is 5.69 Å². The van der Waals surface area contributed by atoms with Crippen LogP contribution in [0.15, 0.2) is 47.4 Å². The van der Waals surface area contributed by atoms with Gasteiger partial charge in [-0.05, 0) is 55.3 Å². The second-order valence-corrected chi connectivity index (χ2v) is 9.52. The topological polar surface area (TPSA) is 95.6 Å². The maximum absolute atomic E-state index is 12.9. The average Bonchev–Trinajstić information content (AvgIpc) is 2.69. The Bertz CT molecular complexity index is 1050. The zero-order valence-electron chi connectivity index (χ0n) is 16.2. The minimum absolute atomic E-state index is 0.0115. The van der Waals surface area contributed by atoms with Crippen LogP contribution in [0, 0.1) is 0 Å². The molecule has 0 bridgehead atoms. The number of carbonyl (C=O) groups is 2. The molecule has 3 rings (SSSR count). The lowest BCUT2D eigenvalue weighted by Gasteiger charge is -2.32. The number of rotatable bonds is 5. The number of nitrogens with one attached hydrogen (secondary N) is 2. The smallest absolute Gasteiger partial charge is 0.263 e. The molecule has 0 aromatic heterocycles. The Labute approximate surface area is 185 Å². The van der Waals surface area contributed by atoms with Gasteiger partial charge in [0, 0.05) is 42.3 Å². The van der Waals surface area contributed by atoms with Crippen molar-refractivity contribution in [1.29, 1.82) is 0 Å². The standard InChI is InChI=1S/C20H21Cl2N3O4S/c1-13(26)23-16-8-10-25(11-9-16)20(27)14-2-7-18(22)19(12-14)30(28,29)24-17-5-3-15(21)4-6-17/h2-7,12,16,24H,8-11H2,1H3,(H,23,26). The molecule has 0 radical (unpaired) electrons. The van der Waals surface area contributed by atoms with E-state index in [-0.39, 0.29) is 33.3 Å². The summed E-state index contributed by atoms with van der Waals surface area (Å²) < 4.78 is 28.1. The van der Waals surface area contributed by atoms with Crippen molar-refractivity contribution in [3.05, 3.63) is 58.1 Å². The Morgan fingerprint density at radius 3 is 2.27 bits per heavy atom. The molecule has 7 nitrogen and oxygen atoms in total. The van der Waals surface area contributed by atoms with Gasteiger partial charge in [-0.2, -0.15) is 0 Å². The Morgan fingerprint density at radius 1 is 1.03 bits per heavy atom. The number of hydrogen-bond donors (Lipinski definition) is 2. The minimum Gasteiger partial charge on any atom is -0.353 e. The van der Waals surface area contributed by atoms with Crippen molar-refractivity contribution in [3.63, 3.8) is 0 Å². The van der Waals surface area contributed by atoms with Crippen LogP contribution in [0.25, 0.3) is 0 Å². The first-order valence-electron chi connectivity index (χ1n) is 9.30. The lowest BCUT2D eigenvalue weighted by molar-refractivity contribution is -0.119. The summed E-state index contributed by atoms with van der Waals surface area (Å²) >= 11 is 12.0. The molecule has 30 heavy (non-hydrogen) atoms. The SMILES string of the molecule is CC(=O)NC1CCN(C(=O)c2ccc(Cl)c(S(=O)(=O)Nc3ccc(Cl)cc3)c2)CC1. The van der Waals surface area contributed by atoms with Crippen LogP contribution in [0.3, 0.4) is 0 Å². The zero-order chi connectivity index (χ0) is 21.9. The highest BCUT2D eigenvalue weighted by Gasteiger charge is 2.26. The van der Waals surface area contributed by atoms with E-state index in [0.717, 1.165) is 0 Å². The second-order valence-electron chi connectivity index (χ2n) is 7.02. The predicted octanol–water partition coefficient (Wildman–Crippen LogP) is 3.53. The molecular formula is C20H21Cl2N3O4S. The van der Waals surface area contributed by atoms with Crippen LogP contribution in [-0.4, -0.2) is 44.3 Å². The van der Waals surface area contributed by atoms with Crippen LogP contribution in [0.5, 0.6) is 0 Å². The fraction of sp³-hybridized carbons (Fsp3) is 0.300. The number of anilines is 1. The molecule has 2 aromatic rings. The number of sulfonamides is 1. The molecule has 2 amide bonds.